The van der Waals surface area contributed by atoms with Crippen molar-refractivity contribution in [3.63, 3.8) is 0 Å². The molecule has 4 rings (SSSR count). The van der Waals surface area contributed by atoms with Gasteiger partial charge in [0.15, 0.2) is 5.60 Å². The van der Waals surface area contributed by atoms with Gasteiger partial charge in [0, 0.05) is 12.8 Å². The molecule has 3 nitrogen and oxygen atoms in total. The quantitative estimate of drug-likeness (QED) is 0.799. The van der Waals surface area contributed by atoms with Crippen molar-refractivity contribution < 1.29 is 4.74 Å². The number of benzene rings is 1. The first-order valence-corrected chi connectivity index (χ1v) is 7.05. The fourth-order valence-electron chi connectivity index (χ4n) is 3.19. The van der Waals surface area contributed by atoms with E-state index < -0.39 is 0 Å². The zero-order valence-electron chi connectivity index (χ0n) is 10.5. The summed E-state index contributed by atoms with van der Waals surface area (Å²) in [5.74, 6) is 0.926. The van der Waals surface area contributed by atoms with Crippen LogP contribution in [0.3, 0.4) is 0 Å². The van der Waals surface area contributed by atoms with Crippen LogP contribution in [0.15, 0.2) is 36.4 Å². The Balaban J connectivity index is 1.96. The third-order valence-corrected chi connectivity index (χ3v) is 4.42. The molecule has 2 aromatic rings. The molecule has 0 radical (unpaired) electrons. The number of aromatic nitrogens is 1. The second-order valence-corrected chi connectivity index (χ2v) is 5.58. The Bertz CT molecular complexity index is 629. The molecular formula is C15H15ClN2O. The van der Waals surface area contributed by atoms with Gasteiger partial charge < -0.3 is 10.1 Å². The maximum absolute atomic E-state index is 6.38. The highest BCUT2D eigenvalue weighted by atomic mass is 35.5. The second-order valence-electron chi connectivity index (χ2n) is 5.19. The molecule has 2 aliphatic rings. The Labute approximate surface area is 117 Å². The Morgan fingerprint density at radius 1 is 1.11 bits per heavy atom. The molecule has 0 amide bonds. The summed E-state index contributed by atoms with van der Waals surface area (Å²) in [6.07, 6.45) is 1.95. The SMILES string of the molecule is Clc1ccc2n1-c1ccccc1OC21CCNCC1. The van der Waals surface area contributed by atoms with Crippen LogP contribution in [0.1, 0.15) is 18.5 Å². The summed E-state index contributed by atoms with van der Waals surface area (Å²) >= 11 is 6.38. The van der Waals surface area contributed by atoms with Gasteiger partial charge in [-0.2, -0.15) is 0 Å². The van der Waals surface area contributed by atoms with Crippen molar-refractivity contribution >= 4 is 11.6 Å². The molecule has 0 saturated carbocycles. The van der Waals surface area contributed by atoms with Gasteiger partial charge in [-0.1, -0.05) is 23.7 Å². The van der Waals surface area contributed by atoms with Crippen molar-refractivity contribution in [3.05, 3.63) is 47.2 Å². The largest absolute Gasteiger partial charge is 0.479 e. The van der Waals surface area contributed by atoms with Gasteiger partial charge in [-0.3, -0.25) is 4.57 Å². The van der Waals surface area contributed by atoms with Crippen LogP contribution in [-0.2, 0) is 5.60 Å². The summed E-state index contributed by atoms with van der Waals surface area (Å²) < 4.78 is 8.51. The lowest BCUT2D eigenvalue weighted by molar-refractivity contribution is 0.0203. The van der Waals surface area contributed by atoms with E-state index in [2.05, 4.69) is 22.0 Å². The molecule has 1 aromatic carbocycles. The predicted molar refractivity (Wildman–Crippen MR) is 75.2 cm³/mol. The van der Waals surface area contributed by atoms with Crippen molar-refractivity contribution in [1.82, 2.24) is 9.88 Å². The van der Waals surface area contributed by atoms with Crippen LogP contribution in [0.5, 0.6) is 5.75 Å². The number of nitrogens with one attached hydrogen (secondary N) is 1. The average Bonchev–Trinajstić information content (AvgIpc) is 2.84. The van der Waals surface area contributed by atoms with Gasteiger partial charge in [-0.05, 0) is 37.4 Å². The molecule has 19 heavy (non-hydrogen) atoms. The minimum Gasteiger partial charge on any atom is -0.479 e. The molecule has 0 unspecified atom stereocenters. The van der Waals surface area contributed by atoms with Crippen LogP contribution in [0, 0.1) is 0 Å². The zero-order valence-corrected chi connectivity index (χ0v) is 11.3. The van der Waals surface area contributed by atoms with Crippen molar-refractivity contribution in [1.29, 1.82) is 0 Å². The van der Waals surface area contributed by atoms with E-state index in [4.69, 9.17) is 16.3 Å². The monoisotopic (exact) mass is 274 g/mol. The number of hydrogen-bond donors (Lipinski definition) is 1. The van der Waals surface area contributed by atoms with Gasteiger partial charge in [0.05, 0.1) is 11.4 Å². The first-order chi connectivity index (χ1) is 9.30. The highest BCUT2D eigenvalue weighted by Crippen LogP contribution is 2.45. The third kappa shape index (κ3) is 1.55. The van der Waals surface area contributed by atoms with Crippen LogP contribution >= 0.6 is 11.6 Å². The minimum absolute atomic E-state index is 0.229. The first kappa shape index (κ1) is 11.4. The maximum Gasteiger partial charge on any atom is 0.152 e. The fraction of sp³-hybridized carbons (Fsp3) is 0.333. The van der Waals surface area contributed by atoms with E-state index in [-0.39, 0.29) is 5.60 Å². The van der Waals surface area contributed by atoms with Crippen molar-refractivity contribution in [2.24, 2.45) is 0 Å². The maximum atomic E-state index is 6.38. The Morgan fingerprint density at radius 3 is 2.74 bits per heavy atom. The number of rotatable bonds is 0. The molecule has 3 heterocycles. The van der Waals surface area contributed by atoms with Crippen molar-refractivity contribution in [2.45, 2.75) is 18.4 Å². The lowest BCUT2D eigenvalue weighted by Gasteiger charge is -2.42. The number of halogens is 1. The summed E-state index contributed by atoms with van der Waals surface area (Å²) in [4.78, 5) is 0. The Hall–Kier alpha value is -1.45. The normalized spacial score (nSPS) is 19.6. The fourth-order valence-corrected chi connectivity index (χ4v) is 3.44. The van der Waals surface area contributed by atoms with Gasteiger partial charge >= 0.3 is 0 Å². The van der Waals surface area contributed by atoms with E-state index in [0.29, 0.717) is 0 Å². The standard InChI is InChI=1S/C15H15ClN2O/c16-14-6-5-13-15(7-9-17-10-8-15)19-12-4-2-1-3-11(12)18(13)14/h1-6,17H,7-10H2. The summed E-state index contributed by atoms with van der Waals surface area (Å²) in [5.41, 5.74) is 1.99. The highest BCUT2D eigenvalue weighted by Gasteiger charge is 2.42. The number of piperidine rings is 1. The summed E-state index contributed by atoms with van der Waals surface area (Å²) in [6.45, 7) is 1.95. The van der Waals surface area contributed by atoms with Gasteiger partial charge in [0.25, 0.3) is 0 Å². The molecule has 4 heteroatoms. The number of ether oxygens (including phenoxy) is 1. The zero-order chi connectivity index (χ0) is 12.9. The lowest BCUT2D eigenvalue weighted by atomic mass is 9.87. The minimum atomic E-state index is -0.229. The predicted octanol–water partition coefficient (Wildman–Crippen LogP) is 3.10. The van der Waals surface area contributed by atoms with Crippen LogP contribution in [-0.4, -0.2) is 17.7 Å². The molecule has 0 bridgehead atoms. The summed E-state index contributed by atoms with van der Waals surface area (Å²) in [5, 5.41) is 4.15. The molecule has 1 spiro atoms. The lowest BCUT2D eigenvalue weighted by Crippen LogP contribution is -2.46. The molecule has 1 saturated heterocycles. The smallest absolute Gasteiger partial charge is 0.152 e. The van der Waals surface area contributed by atoms with Crippen molar-refractivity contribution in [2.75, 3.05) is 13.1 Å². The van der Waals surface area contributed by atoms with Gasteiger partial charge in [-0.25, -0.2) is 0 Å². The first-order valence-electron chi connectivity index (χ1n) is 6.67. The molecule has 1 N–H and O–H groups in total. The average molecular weight is 275 g/mol. The van der Waals surface area contributed by atoms with Crippen LogP contribution in [0.4, 0.5) is 0 Å². The number of fused-ring (bicyclic) bond motifs is 4. The number of hydrogen-bond acceptors (Lipinski definition) is 2. The molecule has 0 aliphatic carbocycles. The van der Waals surface area contributed by atoms with E-state index in [1.54, 1.807) is 0 Å². The van der Waals surface area contributed by atoms with E-state index in [0.717, 1.165) is 42.5 Å². The highest BCUT2D eigenvalue weighted by molar-refractivity contribution is 6.30. The van der Waals surface area contributed by atoms with E-state index in [9.17, 15) is 0 Å². The molecule has 2 aliphatic heterocycles. The molecular weight excluding hydrogens is 260 g/mol. The van der Waals surface area contributed by atoms with Gasteiger partial charge in [0.2, 0.25) is 0 Å². The topological polar surface area (TPSA) is 26.2 Å². The van der Waals surface area contributed by atoms with Crippen LogP contribution in [0.25, 0.3) is 5.69 Å². The van der Waals surface area contributed by atoms with Crippen LogP contribution < -0.4 is 10.1 Å². The molecule has 0 atom stereocenters. The second kappa shape index (κ2) is 4.02. The number of nitrogens with zero attached hydrogens (tertiary/aromatic N) is 1. The molecule has 98 valence electrons. The Kier molecular flexibility index (Phi) is 2.41. The van der Waals surface area contributed by atoms with Gasteiger partial charge in [-0.15, -0.1) is 0 Å². The molecule has 1 aromatic heterocycles. The molecule has 1 fully saturated rings. The van der Waals surface area contributed by atoms with E-state index >= 15 is 0 Å². The summed E-state index contributed by atoms with van der Waals surface area (Å²) in [6, 6.07) is 12.2. The van der Waals surface area contributed by atoms with E-state index in [1.807, 2.05) is 24.3 Å². The van der Waals surface area contributed by atoms with Crippen molar-refractivity contribution in [3.8, 4) is 11.4 Å². The Morgan fingerprint density at radius 2 is 1.89 bits per heavy atom. The third-order valence-electron chi connectivity index (χ3n) is 4.12. The van der Waals surface area contributed by atoms with Crippen LogP contribution in [0.2, 0.25) is 5.15 Å². The number of para-hydroxylation sites is 2. The van der Waals surface area contributed by atoms with E-state index in [1.165, 1.54) is 5.69 Å². The van der Waals surface area contributed by atoms with Gasteiger partial charge in [0.1, 0.15) is 10.9 Å². The summed E-state index contributed by atoms with van der Waals surface area (Å²) in [7, 11) is 0.